The molecule has 2 aliphatic rings. The number of nitrogens with zero attached hydrogens (tertiary/aromatic N) is 3. The van der Waals surface area contributed by atoms with Crippen LogP contribution in [0.3, 0.4) is 0 Å². The summed E-state index contributed by atoms with van der Waals surface area (Å²) in [4.78, 5) is 30.0. The molecule has 6 nitrogen and oxygen atoms in total. The van der Waals surface area contributed by atoms with Crippen molar-refractivity contribution in [3.05, 3.63) is 54.3 Å². The van der Waals surface area contributed by atoms with Gasteiger partial charge < -0.3 is 19.4 Å². The molecule has 0 unspecified atom stereocenters. The van der Waals surface area contributed by atoms with Crippen LogP contribution in [0.2, 0.25) is 0 Å². The van der Waals surface area contributed by atoms with Gasteiger partial charge in [0.15, 0.2) is 6.61 Å². The number of hydrogen-bond acceptors (Lipinski definition) is 4. The number of benzene rings is 2. The van der Waals surface area contributed by atoms with Gasteiger partial charge in [0.25, 0.3) is 5.91 Å². The fourth-order valence-electron chi connectivity index (χ4n) is 3.75. The van der Waals surface area contributed by atoms with E-state index in [2.05, 4.69) is 4.90 Å². The molecule has 152 valence electrons. The van der Waals surface area contributed by atoms with E-state index in [1.807, 2.05) is 12.1 Å². The van der Waals surface area contributed by atoms with Crippen LogP contribution >= 0.6 is 0 Å². The lowest BCUT2D eigenvalue weighted by atomic mass is 10.2. The Hall–Kier alpha value is -3.09. The van der Waals surface area contributed by atoms with E-state index in [1.165, 1.54) is 12.1 Å². The van der Waals surface area contributed by atoms with E-state index >= 15 is 0 Å². The second-order valence-corrected chi connectivity index (χ2v) is 7.28. The van der Waals surface area contributed by atoms with E-state index in [1.54, 1.807) is 34.1 Å². The van der Waals surface area contributed by atoms with Crippen LogP contribution in [-0.4, -0.2) is 56.0 Å². The van der Waals surface area contributed by atoms with Crippen molar-refractivity contribution < 1.29 is 18.7 Å². The summed E-state index contributed by atoms with van der Waals surface area (Å²) in [5.41, 5.74) is 1.83. The van der Waals surface area contributed by atoms with Crippen LogP contribution in [0.4, 0.5) is 15.8 Å². The lowest BCUT2D eigenvalue weighted by Gasteiger charge is -2.36. The van der Waals surface area contributed by atoms with Gasteiger partial charge in [0.05, 0.1) is 0 Å². The summed E-state index contributed by atoms with van der Waals surface area (Å²) in [6.07, 6.45) is 1.49. The molecule has 0 aromatic heterocycles. The first kappa shape index (κ1) is 19.2. The zero-order valence-electron chi connectivity index (χ0n) is 16.2. The average Bonchev–Trinajstić information content (AvgIpc) is 3.19. The van der Waals surface area contributed by atoms with Crippen LogP contribution in [0.15, 0.2) is 48.5 Å². The van der Waals surface area contributed by atoms with E-state index < -0.39 is 0 Å². The van der Waals surface area contributed by atoms with Gasteiger partial charge in [0, 0.05) is 50.5 Å². The van der Waals surface area contributed by atoms with Crippen molar-refractivity contribution >= 4 is 23.2 Å². The number of anilines is 2. The number of rotatable bonds is 5. The highest BCUT2D eigenvalue weighted by molar-refractivity contribution is 5.95. The van der Waals surface area contributed by atoms with Gasteiger partial charge in [0.2, 0.25) is 5.91 Å². The molecule has 29 heavy (non-hydrogen) atoms. The molecule has 2 heterocycles. The maximum absolute atomic E-state index is 13.1. The largest absolute Gasteiger partial charge is 0.484 e. The smallest absolute Gasteiger partial charge is 0.260 e. The first-order chi connectivity index (χ1) is 14.1. The van der Waals surface area contributed by atoms with Crippen LogP contribution in [0.25, 0.3) is 0 Å². The van der Waals surface area contributed by atoms with Gasteiger partial charge in [-0.25, -0.2) is 4.39 Å². The van der Waals surface area contributed by atoms with Crippen molar-refractivity contribution in [2.24, 2.45) is 0 Å². The Morgan fingerprint density at radius 2 is 1.55 bits per heavy atom. The number of hydrogen-bond donors (Lipinski definition) is 0. The number of carbonyl (C=O) groups excluding carboxylic acids is 2. The number of piperazine rings is 1. The molecule has 2 aromatic carbocycles. The summed E-state index contributed by atoms with van der Waals surface area (Å²) in [6.45, 7) is 3.36. The Labute approximate surface area is 169 Å². The van der Waals surface area contributed by atoms with Crippen LogP contribution in [0.5, 0.6) is 5.75 Å². The SMILES string of the molecule is O=C(COc1ccc(N2CCCC2=O)cc1)N1CCN(c2ccc(F)cc2)CC1. The van der Waals surface area contributed by atoms with Crippen molar-refractivity contribution in [3.8, 4) is 5.75 Å². The minimum atomic E-state index is -0.250. The van der Waals surface area contributed by atoms with E-state index in [4.69, 9.17) is 4.74 Å². The minimum Gasteiger partial charge on any atom is -0.484 e. The molecular formula is C22H24FN3O3. The average molecular weight is 397 g/mol. The second kappa shape index (κ2) is 8.51. The first-order valence-corrected chi connectivity index (χ1v) is 9.92. The van der Waals surface area contributed by atoms with Gasteiger partial charge in [-0.15, -0.1) is 0 Å². The molecular weight excluding hydrogens is 373 g/mol. The van der Waals surface area contributed by atoms with Crippen LogP contribution < -0.4 is 14.5 Å². The third-order valence-corrected chi connectivity index (χ3v) is 5.41. The lowest BCUT2D eigenvalue weighted by Crippen LogP contribution is -2.50. The summed E-state index contributed by atoms with van der Waals surface area (Å²) < 4.78 is 18.7. The van der Waals surface area contributed by atoms with Crippen LogP contribution in [0, 0.1) is 5.82 Å². The molecule has 0 aliphatic carbocycles. The van der Waals surface area contributed by atoms with E-state index in [0.717, 1.165) is 24.3 Å². The number of ether oxygens (including phenoxy) is 1. The van der Waals surface area contributed by atoms with Crippen molar-refractivity contribution in [2.75, 3.05) is 49.1 Å². The molecule has 0 atom stereocenters. The fraction of sp³-hybridized carbons (Fsp3) is 0.364. The number of amides is 2. The Bertz CT molecular complexity index is 862. The van der Waals surface area contributed by atoms with E-state index in [0.29, 0.717) is 38.3 Å². The predicted molar refractivity (Wildman–Crippen MR) is 109 cm³/mol. The van der Waals surface area contributed by atoms with Gasteiger partial charge in [-0.3, -0.25) is 9.59 Å². The van der Waals surface area contributed by atoms with E-state index in [-0.39, 0.29) is 24.2 Å². The Kier molecular flexibility index (Phi) is 5.64. The van der Waals surface area contributed by atoms with Crippen molar-refractivity contribution in [3.63, 3.8) is 0 Å². The standard InChI is InChI=1S/C22H24FN3O3/c23-17-3-5-18(6-4-17)24-12-14-25(15-13-24)22(28)16-29-20-9-7-19(8-10-20)26-11-1-2-21(26)27/h3-10H,1-2,11-16H2. The molecule has 0 bridgehead atoms. The Morgan fingerprint density at radius 3 is 2.17 bits per heavy atom. The molecule has 0 spiro atoms. The maximum atomic E-state index is 13.1. The normalized spacial score (nSPS) is 17.0. The van der Waals surface area contributed by atoms with Crippen LogP contribution in [-0.2, 0) is 9.59 Å². The lowest BCUT2D eigenvalue weighted by molar-refractivity contribution is -0.133. The topological polar surface area (TPSA) is 53.1 Å². The highest BCUT2D eigenvalue weighted by atomic mass is 19.1. The quantitative estimate of drug-likeness (QED) is 0.779. The summed E-state index contributed by atoms with van der Waals surface area (Å²) in [5.74, 6) is 0.453. The zero-order valence-corrected chi connectivity index (χ0v) is 16.2. The molecule has 4 rings (SSSR count). The fourth-order valence-corrected chi connectivity index (χ4v) is 3.75. The molecule has 7 heteroatoms. The number of carbonyl (C=O) groups is 2. The monoisotopic (exact) mass is 397 g/mol. The van der Waals surface area contributed by atoms with Crippen molar-refractivity contribution in [1.29, 1.82) is 0 Å². The Balaban J connectivity index is 1.25. The van der Waals surface area contributed by atoms with Gasteiger partial charge in [-0.1, -0.05) is 0 Å². The number of halogens is 1. The molecule has 2 aromatic rings. The van der Waals surface area contributed by atoms with Crippen LogP contribution in [0.1, 0.15) is 12.8 Å². The Morgan fingerprint density at radius 1 is 0.897 bits per heavy atom. The second-order valence-electron chi connectivity index (χ2n) is 7.28. The molecule has 2 saturated heterocycles. The highest BCUT2D eigenvalue weighted by Crippen LogP contribution is 2.24. The third-order valence-electron chi connectivity index (χ3n) is 5.41. The van der Waals surface area contributed by atoms with Crippen molar-refractivity contribution in [1.82, 2.24) is 4.90 Å². The summed E-state index contributed by atoms with van der Waals surface area (Å²) >= 11 is 0. The summed E-state index contributed by atoms with van der Waals surface area (Å²) in [7, 11) is 0. The maximum Gasteiger partial charge on any atom is 0.260 e. The highest BCUT2D eigenvalue weighted by Gasteiger charge is 2.23. The molecule has 0 radical (unpaired) electrons. The van der Waals surface area contributed by atoms with Gasteiger partial charge >= 0.3 is 0 Å². The van der Waals surface area contributed by atoms with Gasteiger partial charge in [-0.2, -0.15) is 0 Å². The van der Waals surface area contributed by atoms with Crippen molar-refractivity contribution in [2.45, 2.75) is 12.8 Å². The zero-order chi connectivity index (χ0) is 20.2. The molecule has 2 aliphatic heterocycles. The van der Waals surface area contributed by atoms with Gasteiger partial charge in [-0.05, 0) is 55.0 Å². The molecule has 2 amide bonds. The minimum absolute atomic E-state index is 0.0153. The first-order valence-electron chi connectivity index (χ1n) is 9.92. The molecule has 2 fully saturated rings. The van der Waals surface area contributed by atoms with E-state index in [9.17, 15) is 14.0 Å². The van der Waals surface area contributed by atoms with Gasteiger partial charge in [0.1, 0.15) is 11.6 Å². The third kappa shape index (κ3) is 4.50. The predicted octanol–water partition coefficient (Wildman–Crippen LogP) is 2.68. The molecule has 0 saturated carbocycles. The summed E-state index contributed by atoms with van der Waals surface area (Å²) in [6, 6.07) is 13.7. The molecule has 0 N–H and O–H groups in total. The summed E-state index contributed by atoms with van der Waals surface area (Å²) in [5, 5.41) is 0.